The van der Waals surface area contributed by atoms with Gasteiger partial charge in [0, 0.05) is 30.9 Å². The predicted molar refractivity (Wildman–Crippen MR) is 127 cm³/mol. The van der Waals surface area contributed by atoms with E-state index in [1.165, 1.54) is 11.1 Å². The van der Waals surface area contributed by atoms with Crippen LogP contribution < -0.4 is 10.1 Å². The third-order valence-electron chi connectivity index (χ3n) is 6.14. The number of hydrogen-bond acceptors (Lipinski definition) is 6. The molecule has 0 radical (unpaired) electrons. The average Bonchev–Trinajstić information content (AvgIpc) is 2.84. The second-order valence-electron chi connectivity index (χ2n) is 8.37. The lowest BCUT2D eigenvalue weighted by atomic mass is 9.98. The van der Waals surface area contributed by atoms with Gasteiger partial charge in [-0.15, -0.1) is 0 Å². The summed E-state index contributed by atoms with van der Waals surface area (Å²) in [6.07, 6.45) is 4.60. The van der Waals surface area contributed by atoms with Crippen molar-refractivity contribution in [3.8, 4) is 5.75 Å². The van der Waals surface area contributed by atoms with E-state index >= 15 is 0 Å². The minimum Gasteiger partial charge on any atom is -0.497 e. The highest BCUT2D eigenvalue weighted by molar-refractivity contribution is 6.00. The summed E-state index contributed by atoms with van der Waals surface area (Å²) in [7, 11) is 1.66. The maximum absolute atomic E-state index is 11.2. The third-order valence-corrected chi connectivity index (χ3v) is 6.14. The summed E-state index contributed by atoms with van der Waals surface area (Å²) >= 11 is 0. The van der Waals surface area contributed by atoms with Crippen molar-refractivity contribution >= 4 is 23.8 Å². The Labute approximate surface area is 188 Å². The Morgan fingerprint density at radius 2 is 1.97 bits per heavy atom. The van der Waals surface area contributed by atoms with Gasteiger partial charge < -0.3 is 20.1 Å². The lowest BCUT2D eigenvalue weighted by molar-refractivity contribution is -0.143. The quantitative estimate of drug-likeness (QED) is 0.694. The van der Waals surface area contributed by atoms with E-state index in [0.29, 0.717) is 19.0 Å². The van der Waals surface area contributed by atoms with Crippen molar-refractivity contribution in [1.82, 2.24) is 4.90 Å². The molecule has 1 fully saturated rings. The molecule has 0 aliphatic carbocycles. The highest BCUT2D eigenvalue weighted by Crippen LogP contribution is 2.21. The van der Waals surface area contributed by atoms with Crippen LogP contribution in [0.25, 0.3) is 0 Å². The molecule has 2 aromatic rings. The van der Waals surface area contributed by atoms with Crippen molar-refractivity contribution in [3.05, 3.63) is 59.7 Å². The Bertz CT molecular complexity index is 970. The molecule has 2 aliphatic heterocycles. The van der Waals surface area contributed by atoms with Crippen molar-refractivity contribution in [2.24, 2.45) is 15.9 Å². The third kappa shape index (κ3) is 5.73. The van der Waals surface area contributed by atoms with E-state index in [0.717, 1.165) is 43.8 Å². The number of nitrogens with zero attached hydrogens (tertiary/aromatic N) is 3. The zero-order valence-corrected chi connectivity index (χ0v) is 18.4. The number of carbonyl (C=O) groups is 1. The molecule has 2 heterocycles. The first kappa shape index (κ1) is 22.0. The fourth-order valence-electron chi connectivity index (χ4n) is 4.18. The number of piperidine rings is 1. The van der Waals surface area contributed by atoms with Gasteiger partial charge in [-0.3, -0.25) is 9.79 Å². The van der Waals surface area contributed by atoms with Gasteiger partial charge in [0.1, 0.15) is 5.75 Å². The number of hydrogen-bond donors (Lipinski definition) is 2. The molecule has 2 unspecified atom stereocenters. The molecule has 0 saturated carbocycles. The van der Waals surface area contributed by atoms with Crippen molar-refractivity contribution in [2.75, 3.05) is 38.6 Å². The molecule has 2 N–H and O–H groups in total. The molecule has 32 heavy (non-hydrogen) atoms. The van der Waals surface area contributed by atoms with Crippen molar-refractivity contribution < 1.29 is 14.6 Å². The normalized spacial score (nSPS) is 21.1. The second kappa shape index (κ2) is 10.4. The molecule has 2 aromatic carbocycles. The lowest BCUT2D eigenvalue weighted by Gasteiger charge is -2.30. The summed E-state index contributed by atoms with van der Waals surface area (Å²) in [5.41, 5.74) is 3.36. The molecule has 2 aliphatic rings. The molecule has 2 atom stereocenters. The molecule has 7 heteroatoms. The van der Waals surface area contributed by atoms with E-state index in [-0.39, 0.29) is 11.8 Å². The number of methoxy groups -OCH3 is 1. The molecule has 0 spiro atoms. The molecule has 0 aromatic heterocycles. The van der Waals surface area contributed by atoms with Gasteiger partial charge in [-0.1, -0.05) is 24.3 Å². The van der Waals surface area contributed by atoms with Gasteiger partial charge >= 0.3 is 5.97 Å². The molecule has 4 rings (SSSR count). The average molecular weight is 435 g/mol. The highest BCUT2D eigenvalue weighted by Gasteiger charge is 2.24. The van der Waals surface area contributed by atoms with Gasteiger partial charge in [0.25, 0.3) is 0 Å². The summed E-state index contributed by atoms with van der Waals surface area (Å²) < 4.78 is 5.21. The number of rotatable bonds is 7. The molecule has 0 amide bonds. The van der Waals surface area contributed by atoms with E-state index in [1.807, 2.05) is 42.6 Å². The second-order valence-corrected chi connectivity index (χ2v) is 8.37. The summed E-state index contributed by atoms with van der Waals surface area (Å²) in [5, 5.41) is 12.5. The first-order valence-corrected chi connectivity index (χ1v) is 11.1. The number of carboxylic acids is 1. The number of nitrogens with one attached hydrogen (secondary N) is 1. The van der Waals surface area contributed by atoms with Crippen LogP contribution in [0.2, 0.25) is 0 Å². The van der Waals surface area contributed by atoms with Crippen LogP contribution in [-0.2, 0) is 11.2 Å². The molecule has 7 nitrogen and oxygen atoms in total. The number of benzene rings is 2. The van der Waals surface area contributed by atoms with Crippen LogP contribution >= 0.6 is 0 Å². The molecular weight excluding hydrogens is 404 g/mol. The summed E-state index contributed by atoms with van der Waals surface area (Å²) in [4.78, 5) is 22.6. The Hall–Kier alpha value is -3.19. The van der Waals surface area contributed by atoms with Gasteiger partial charge in [0.05, 0.1) is 19.6 Å². The summed E-state index contributed by atoms with van der Waals surface area (Å²) in [5.74, 6) is 0.737. The van der Waals surface area contributed by atoms with E-state index < -0.39 is 5.97 Å². The Morgan fingerprint density at radius 1 is 1.19 bits per heavy atom. The number of guanidine groups is 1. The fraction of sp³-hybridized carbons (Fsp3) is 0.400. The number of carboxylic acid groups (broad SMARTS) is 1. The smallest absolute Gasteiger partial charge is 0.307 e. The van der Waals surface area contributed by atoms with Gasteiger partial charge in [-0.25, -0.2) is 4.99 Å². The van der Waals surface area contributed by atoms with Crippen LogP contribution in [0.5, 0.6) is 5.75 Å². The van der Waals surface area contributed by atoms with Gasteiger partial charge in [-0.2, -0.15) is 0 Å². The van der Waals surface area contributed by atoms with Crippen LogP contribution in [0, 0.1) is 5.92 Å². The number of aliphatic carboxylic acids is 1. The number of anilines is 1. The van der Waals surface area contributed by atoms with Gasteiger partial charge in [0.2, 0.25) is 5.96 Å². The van der Waals surface area contributed by atoms with Crippen LogP contribution in [0.15, 0.2) is 58.5 Å². The van der Waals surface area contributed by atoms with Crippen LogP contribution in [0.4, 0.5) is 5.69 Å². The van der Waals surface area contributed by atoms with E-state index in [1.54, 1.807) is 7.11 Å². The fourth-order valence-corrected chi connectivity index (χ4v) is 4.18. The highest BCUT2D eigenvalue weighted by atomic mass is 16.5. The van der Waals surface area contributed by atoms with Crippen molar-refractivity contribution in [3.63, 3.8) is 0 Å². The van der Waals surface area contributed by atoms with Gasteiger partial charge in [-0.05, 0) is 61.2 Å². The topological polar surface area (TPSA) is 86.5 Å². The zero-order chi connectivity index (χ0) is 22.3. The molecular formula is C25H30N4O3. The van der Waals surface area contributed by atoms with Crippen LogP contribution in [0.1, 0.15) is 29.9 Å². The van der Waals surface area contributed by atoms with Crippen molar-refractivity contribution in [2.45, 2.75) is 25.2 Å². The molecule has 168 valence electrons. The SMILES string of the molecule is COc1ccc(C2C=NC(Nc3ccc(CCN4CCCC(C(=O)O)C4)cc3)=NC2)cc1. The maximum atomic E-state index is 11.2. The standard InChI is InChI=1S/C25H30N4O3/c1-32-23-10-6-19(7-11-23)21-15-26-25(27-16-21)28-22-8-4-18(5-9-22)12-14-29-13-2-3-20(17-29)24(30)31/h4-11,15,20-21H,2-3,12-14,16-17H2,1H3,(H,27,28)(H,30,31). The number of likely N-dealkylation sites (tertiary alicyclic amines) is 1. The molecule has 1 saturated heterocycles. The molecule has 0 bridgehead atoms. The number of ether oxygens (including phenoxy) is 1. The predicted octanol–water partition coefficient (Wildman–Crippen LogP) is 3.67. The van der Waals surface area contributed by atoms with E-state index in [4.69, 9.17) is 4.74 Å². The van der Waals surface area contributed by atoms with Crippen LogP contribution in [0.3, 0.4) is 0 Å². The Morgan fingerprint density at radius 3 is 2.62 bits per heavy atom. The largest absolute Gasteiger partial charge is 0.497 e. The lowest BCUT2D eigenvalue weighted by Crippen LogP contribution is -2.39. The monoisotopic (exact) mass is 434 g/mol. The minimum atomic E-state index is -0.672. The summed E-state index contributed by atoms with van der Waals surface area (Å²) in [6.45, 7) is 3.19. The zero-order valence-electron chi connectivity index (χ0n) is 18.4. The number of aliphatic imine (C=N–C) groups is 2. The first-order valence-electron chi connectivity index (χ1n) is 11.1. The first-order chi connectivity index (χ1) is 15.6. The van der Waals surface area contributed by atoms with E-state index in [9.17, 15) is 9.90 Å². The van der Waals surface area contributed by atoms with E-state index in [2.05, 4.69) is 32.3 Å². The van der Waals surface area contributed by atoms with Crippen molar-refractivity contribution in [1.29, 1.82) is 0 Å². The van der Waals surface area contributed by atoms with Gasteiger partial charge in [0.15, 0.2) is 0 Å². The minimum absolute atomic E-state index is 0.171. The Balaban J connectivity index is 1.25. The summed E-state index contributed by atoms with van der Waals surface area (Å²) in [6, 6.07) is 16.3. The van der Waals surface area contributed by atoms with Crippen LogP contribution in [-0.4, -0.2) is 61.4 Å². The maximum Gasteiger partial charge on any atom is 0.307 e. The Kier molecular flexibility index (Phi) is 7.17.